The molecule has 2 fully saturated rings. The largest absolute Gasteiger partial charge is 0.486 e. The number of likely N-dealkylation sites (tertiary alicyclic amines) is 1. The topological polar surface area (TPSA) is 108 Å². The van der Waals surface area contributed by atoms with Crippen molar-refractivity contribution in [3.8, 4) is 11.5 Å². The number of imidazole rings is 1. The van der Waals surface area contributed by atoms with Crippen molar-refractivity contribution >= 4 is 22.9 Å². The fourth-order valence-corrected chi connectivity index (χ4v) is 5.50. The average Bonchev–Trinajstić information content (AvgIpc) is 3.65. The molecule has 190 valence electrons. The molecule has 2 aliphatic heterocycles. The van der Waals surface area contributed by atoms with Crippen LogP contribution >= 0.6 is 0 Å². The molecule has 1 saturated heterocycles. The maximum Gasteiger partial charge on any atom is 0.312 e. The van der Waals surface area contributed by atoms with Gasteiger partial charge in [-0.1, -0.05) is 0 Å². The highest BCUT2D eigenvalue weighted by atomic mass is 19.1. The highest BCUT2D eigenvalue weighted by Crippen LogP contribution is 2.46. The van der Waals surface area contributed by atoms with Gasteiger partial charge in [-0.25, -0.2) is 4.98 Å². The molecule has 1 saturated carbocycles. The van der Waals surface area contributed by atoms with Gasteiger partial charge in [0.25, 0.3) is 0 Å². The number of hydrogen-bond donors (Lipinski definition) is 1. The van der Waals surface area contributed by atoms with Crippen LogP contribution in [0, 0.1) is 12.0 Å². The predicted molar refractivity (Wildman–Crippen MR) is 132 cm³/mol. The van der Waals surface area contributed by atoms with Crippen LogP contribution < -0.4 is 15.2 Å². The Kier molecular flexibility index (Phi) is 5.89. The van der Waals surface area contributed by atoms with Crippen LogP contribution in [0.4, 0.5) is 10.2 Å². The Morgan fingerprint density at radius 1 is 1.08 bits per heavy atom. The van der Waals surface area contributed by atoms with E-state index in [1.165, 1.54) is 5.56 Å². The van der Waals surface area contributed by atoms with Gasteiger partial charge in [0.2, 0.25) is 5.91 Å². The highest BCUT2D eigenvalue weighted by molar-refractivity contribution is 5.82. The monoisotopic (exact) mass is 494 g/mol. The summed E-state index contributed by atoms with van der Waals surface area (Å²) in [6.45, 7) is 4.92. The lowest BCUT2D eigenvalue weighted by Crippen LogP contribution is -2.37. The fraction of sp³-hybridized carbons (Fsp3) is 0.538. The summed E-state index contributed by atoms with van der Waals surface area (Å²) in [6.07, 6.45) is 4.84. The quantitative estimate of drug-likeness (QED) is 0.523. The third-order valence-corrected chi connectivity index (χ3v) is 7.66. The van der Waals surface area contributed by atoms with Gasteiger partial charge in [0.05, 0.1) is 0 Å². The van der Waals surface area contributed by atoms with Crippen molar-refractivity contribution in [3.63, 3.8) is 0 Å². The molecule has 1 amide bonds. The second kappa shape index (κ2) is 9.22. The summed E-state index contributed by atoms with van der Waals surface area (Å²) in [4.78, 5) is 26.2. The molecule has 3 aliphatic rings. The van der Waals surface area contributed by atoms with Gasteiger partial charge >= 0.3 is 6.08 Å². The van der Waals surface area contributed by atoms with Crippen LogP contribution in [-0.4, -0.2) is 56.6 Å². The summed E-state index contributed by atoms with van der Waals surface area (Å²) < 4.78 is 27.9. The number of fused-ring (bicyclic) bond motifs is 2. The van der Waals surface area contributed by atoms with E-state index in [-0.39, 0.29) is 11.7 Å². The smallest absolute Gasteiger partial charge is 0.312 e. The summed E-state index contributed by atoms with van der Waals surface area (Å²) in [5.41, 5.74) is 9.32. The maximum atomic E-state index is 14.2. The highest BCUT2D eigenvalue weighted by Gasteiger charge is 2.30. The standard InChI is InChI=1S/C26H31FN6O3/c1-15(34)32-7-4-16(5-8-32)6-9-33-22(29-23-24(28)30-26(27)31-25(23)33)13-18-12-20-21(36-11-10-35-20)14-19(18)17-2-3-17/h12,14,16-17H,2-11,13H2,1H3,(H2,28,30,31). The average molecular weight is 495 g/mol. The molecule has 1 aromatic carbocycles. The Bertz CT molecular complexity index is 1310. The molecular formula is C26H31FN6O3. The van der Waals surface area contributed by atoms with Crippen molar-refractivity contribution < 1.29 is 18.7 Å². The molecule has 2 N–H and O–H groups in total. The summed E-state index contributed by atoms with van der Waals surface area (Å²) in [5.74, 6) is 3.52. The number of benzene rings is 1. The molecule has 2 aromatic heterocycles. The zero-order valence-electron chi connectivity index (χ0n) is 20.5. The number of carbonyl (C=O) groups excluding carboxylic acids is 1. The molecule has 0 atom stereocenters. The minimum absolute atomic E-state index is 0.0526. The van der Waals surface area contributed by atoms with Crippen molar-refractivity contribution in [2.45, 2.75) is 57.9 Å². The van der Waals surface area contributed by atoms with Gasteiger partial charge in [-0.05, 0) is 67.2 Å². The maximum absolute atomic E-state index is 14.2. The van der Waals surface area contributed by atoms with E-state index in [4.69, 9.17) is 20.2 Å². The van der Waals surface area contributed by atoms with Crippen LogP contribution in [0.5, 0.6) is 11.5 Å². The first kappa shape index (κ1) is 23.0. The van der Waals surface area contributed by atoms with Crippen LogP contribution in [0.1, 0.15) is 61.9 Å². The normalized spacial score (nSPS) is 18.1. The van der Waals surface area contributed by atoms with Gasteiger partial charge in [-0.3, -0.25) is 4.79 Å². The number of nitrogens with two attached hydrogens (primary N) is 1. The minimum Gasteiger partial charge on any atom is -0.486 e. The summed E-state index contributed by atoms with van der Waals surface area (Å²) in [5, 5.41) is 0. The Hall–Kier alpha value is -3.43. The van der Waals surface area contributed by atoms with E-state index < -0.39 is 6.08 Å². The number of anilines is 1. The lowest BCUT2D eigenvalue weighted by molar-refractivity contribution is -0.130. The lowest BCUT2D eigenvalue weighted by Gasteiger charge is -2.31. The van der Waals surface area contributed by atoms with Gasteiger partial charge < -0.3 is 24.7 Å². The molecule has 0 bridgehead atoms. The zero-order chi connectivity index (χ0) is 24.8. The van der Waals surface area contributed by atoms with E-state index in [0.717, 1.165) is 68.1 Å². The predicted octanol–water partition coefficient (Wildman–Crippen LogP) is 3.44. The molecule has 36 heavy (non-hydrogen) atoms. The first-order valence-corrected chi connectivity index (χ1v) is 12.8. The summed E-state index contributed by atoms with van der Waals surface area (Å²) in [6, 6.07) is 4.18. The van der Waals surface area contributed by atoms with Crippen molar-refractivity contribution in [1.82, 2.24) is 24.4 Å². The number of amides is 1. The lowest BCUT2D eigenvalue weighted by atomic mass is 9.93. The number of carbonyl (C=O) groups is 1. The molecule has 1 aliphatic carbocycles. The van der Waals surface area contributed by atoms with Crippen LogP contribution in [-0.2, 0) is 17.8 Å². The summed E-state index contributed by atoms with van der Waals surface area (Å²) >= 11 is 0. The van der Waals surface area contributed by atoms with Crippen LogP contribution in [0.25, 0.3) is 11.2 Å². The molecule has 0 spiro atoms. The number of hydrogen-bond acceptors (Lipinski definition) is 7. The molecular weight excluding hydrogens is 463 g/mol. The van der Waals surface area contributed by atoms with Crippen LogP contribution in [0.3, 0.4) is 0 Å². The number of rotatable bonds is 6. The number of nitrogen functional groups attached to an aromatic ring is 1. The van der Waals surface area contributed by atoms with E-state index in [9.17, 15) is 9.18 Å². The molecule has 4 heterocycles. The number of aromatic nitrogens is 4. The van der Waals surface area contributed by atoms with E-state index in [1.807, 2.05) is 9.47 Å². The van der Waals surface area contributed by atoms with Crippen molar-refractivity contribution in [2.75, 3.05) is 32.0 Å². The molecule has 0 radical (unpaired) electrons. The van der Waals surface area contributed by atoms with Crippen LogP contribution in [0.15, 0.2) is 12.1 Å². The number of aryl methyl sites for hydroxylation is 1. The number of piperidine rings is 1. The third-order valence-electron chi connectivity index (χ3n) is 7.66. The van der Waals surface area contributed by atoms with Crippen LogP contribution in [0.2, 0.25) is 0 Å². The number of halogens is 1. The van der Waals surface area contributed by atoms with Gasteiger partial charge in [-0.15, -0.1) is 0 Å². The third kappa shape index (κ3) is 4.44. The van der Waals surface area contributed by atoms with Gasteiger partial charge in [0.15, 0.2) is 28.5 Å². The molecule has 0 unspecified atom stereocenters. The fourth-order valence-electron chi connectivity index (χ4n) is 5.50. The molecule has 10 heteroatoms. The Morgan fingerprint density at radius 3 is 2.50 bits per heavy atom. The van der Waals surface area contributed by atoms with Gasteiger partial charge in [0.1, 0.15) is 19.0 Å². The number of nitrogens with zero attached hydrogens (tertiary/aromatic N) is 5. The summed E-state index contributed by atoms with van der Waals surface area (Å²) in [7, 11) is 0. The first-order valence-electron chi connectivity index (χ1n) is 12.8. The van der Waals surface area contributed by atoms with E-state index >= 15 is 0 Å². The SMILES string of the molecule is CC(=O)N1CCC(CCn2c(Cc3cc4c(cc3C3CC3)OCCO4)nc3c(N)nc(F)nc32)CC1. The number of ether oxygens (including phenoxy) is 2. The second-order valence-electron chi connectivity index (χ2n) is 10.1. The Morgan fingerprint density at radius 2 is 1.81 bits per heavy atom. The van der Waals surface area contributed by atoms with Crippen molar-refractivity contribution in [2.24, 2.45) is 5.92 Å². The minimum atomic E-state index is -0.847. The Labute approximate surface area is 208 Å². The van der Waals surface area contributed by atoms with E-state index in [2.05, 4.69) is 22.1 Å². The Balaban J connectivity index is 1.32. The van der Waals surface area contributed by atoms with Crippen molar-refractivity contribution in [1.29, 1.82) is 0 Å². The van der Waals surface area contributed by atoms with Crippen molar-refractivity contribution in [3.05, 3.63) is 35.2 Å². The van der Waals surface area contributed by atoms with Gasteiger partial charge in [-0.2, -0.15) is 14.4 Å². The molecule has 3 aromatic rings. The van der Waals surface area contributed by atoms with Gasteiger partial charge in [0, 0.05) is 33.0 Å². The zero-order valence-corrected chi connectivity index (χ0v) is 20.5. The first-order chi connectivity index (χ1) is 17.5. The molecule has 9 nitrogen and oxygen atoms in total. The molecule has 6 rings (SSSR count). The second-order valence-corrected chi connectivity index (χ2v) is 10.1. The van der Waals surface area contributed by atoms with E-state index in [0.29, 0.717) is 49.2 Å². The van der Waals surface area contributed by atoms with E-state index in [1.54, 1.807) is 6.92 Å².